The Labute approximate surface area is 128 Å². The fourth-order valence-corrected chi connectivity index (χ4v) is 1.24. The summed E-state index contributed by atoms with van der Waals surface area (Å²) in [7, 11) is 0. The van der Waals surface area contributed by atoms with Crippen LogP contribution in [0.3, 0.4) is 0 Å². The molecule has 0 aromatic heterocycles. The van der Waals surface area contributed by atoms with Gasteiger partial charge in [-0.25, -0.2) is 0 Å². The van der Waals surface area contributed by atoms with Crippen molar-refractivity contribution in [1.82, 2.24) is 0 Å². The minimum absolute atomic E-state index is 0.0124. The third-order valence-corrected chi connectivity index (χ3v) is 2.18. The normalized spacial score (nSPS) is 14.3. The monoisotopic (exact) mass is 313 g/mol. The number of nitrogens with zero attached hydrogens (tertiary/aromatic N) is 3. The van der Waals surface area contributed by atoms with Crippen molar-refractivity contribution in [3.8, 4) is 18.2 Å². The maximum Gasteiger partial charge on any atom is 0.170 e. The summed E-state index contributed by atoms with van der Waals surface area (Å²) in [6, 6.07) is 5.39. The molecule has 0 aromatic rings. The van der Waals surface area contributed by atoms with E-state index < -0.39 is 18.9 Å². The van der Waals surface area contributed by atoms with Crippen LogP contribution in [0.4, 0.5) is 0 Å². The molecular weight excluding hydrogens is 294 g/mol. The molecule has 9 heteroatoms. The SMILES string of the molecule is N#CCC(O)OCCOC(CC#N)OCCOC(O)CC#N. The third kappa shape index (κ3) is 12.0. The summed E-state index contributed by atoms with van der Waals surface area (Å²) in [5.41, 5.74) is 0. The maximum atomic E-state index is 9.14. The molecule has 9 nitrogen and oxygen atoms in total. The molecule has 0 bridgehead atoms. The van der Waals surface area contributed by atoms with Gasteiger partial charge in [-0.2, -0.15) is 15.8 Å². The average molecular weight is 313 g/mol. The highest BCUT2D eigenvalue weighted by atomic mass is 16.7. The first kappa shape index (κ1) is 20.2. The van der Waals surface area contributed by atoms with Gasteiger partial charge in [-0.15, -0.1) is 0 Å². The van der Waals surface area contributed by atoms with Crippen LogP contribution >= 0.6 is 0 Å². The average Bonchev–Trinajstić information content (AvgIpc) is 2.48. The summed E-state index contributed by atoms with van der Waals surface area (Å²) in [6.45, 7) is 0.247. The van der Waals surface area contributed by atoms with Crippen LogP contribution in [-0.2, 0) is 18.9 Å². The van der Waals surface area contributed by atoms with E-state index in [0.717, 1.165) is 0 Å². The summed E-state index contributed by atoms with van der Waals surface area (Å²) in [4.78, 5) is 0. The van der Waals surface area contributed by atoms with E-state index in [0.29, 0.717) is 0 Å². The molecule has 122 valence electrons. The van der Waals surface area contributed by atoms with Crippen molar-refractivity contribution < 1.29 is 29.2 Å². The summed E-state index contributed by atoms with van der Waals surface area (Å²) < 4.78 is 20.2. The summed E-state index contributed by atoms with van der Waals surface area (Å²) in [5, 5.41) is 43.6. The predicted octanol–water partition coefficient (Wildman–Crippen LogP) is -0.243. The van der Waals surface area contributed by atoms with Crippen LogP contribution in [0.5, 0.6) is 0 Å². The topological polar surface area (TPSA) is 149 Å². The summed E-state index contributed by atoms with van der Waals surface area (Å²) >= 11 is 0. The number of rotatable bonds is 13. The molecule has 0 spiro atoms. The van der Waals surface area contributed by atoms with Gasteiger partial charge in [0.25, 0.3) is 0 Å². The quantitative estimate of drug-likeness (QED) is 0.347. The molecule has 2 unspecified atom stereocenters. The zero-order chi connectivity index (χ0) is 16.6. The van der Waals surface area contributed by atoms with Gasteiger partial charge in [0.05, 0.1) is 63.9 Å². The second-order valence-corrected chi connectivity index (χ2v) is 3.91. The number of ether oxygens (including phenoxy) is 4. The van der Waals surface area contributed by atoms with E-state index >= 15 is 0 Å². The molecular formula is C13H19N3O6. The summed E-state index contributed by atoms with van der Waals surface area (Å²) in [6.07, 6.45) is -3.42. The number of hydrogen-bond donors (Lipinski definition) is 2. The van der Waals surface area contributed by atoms with Crippen LogP contribution in [-0.4, -0.2) is 55.5 Å². The summed E-state index contributed by atoms with van der Waals surface area (Å²) in [5.74, 6) is 0. The van der Waals surface area contributed by atoms with E-state index in [9.17, 15) is 0 Å². The zero-order valence-corrected chi connectivity index (χ0v) is 12.1. The van der Waals surface area contributed by atoms with Gasteiger partial charge < -0.3 is 29.2 Å². The van der Waals surface area contributed by atoms with Gasteiger partial charge in [0, 0.05) is 0 Å². The van der Waals surface area contributed by atoms with Gasteiger partial charge in [0.1, 0.15) is 0 Å². The third-order valence-electron chi connectivity index (χ3n) is 2.18. The number of aliphatic hydroxyl groups is 2. The molecule has 0 saturated carbocycles. The second-order valence-electron chi connectivity index (χ2n) is 3.91. The van der Waals surface area contributed by atoms with Crippen molar-refractivity contribution in [2.75, 3.05) is 26.4 Å². The highest BCUT2D eigenvalue weighted by molar-refractivity contribution is 4.72. The van der Waals surface area contributed by atoms with Gasteiger partial charge in [-0.3, -0.25) is 0 Å². The standard InChI is InChI=1S/C13H19N3O6/c14-4-1-11(17)19-7-9-21-13(3-6-16)22-10-8-20-12(18)2-5-15/h11-13,17-18H,1-3,7-10H2. The van der Waals surface area contributed by atoms with E-state index in [1.165, 1.54) is 0 Å². The predicted molar refractivity (Wildman–Crippen MR) is 70.3 cm³/mol. The molecule has 0 fully saturated rings. The van der Waals surface area contributed by atoms with E-state index in [1.807, 2.05) is 6.07 Å². The molecule has 0 rings (SSSR count). The van der Waals surface area contributed by atoms with Crippen molar-refractivity contribution >= 4 is 0 Å². The fraction of sp³-hybridized carbons (Fsp3) is 0.769. The van der Waals surface area contributed by atoms with E-state index in [2.05, 4.69) is 0 Å². The lowest BCUT2D eigenvalue weighted by molar-refractivity contribution is -0.180. The Morgan fingerprint density at radius 1 is 0.636 bits per heavy atom. The molecule has 0 aromatic carbocycles. The van der Waals surface area contributed by atoms with Crippen molar-refractivity contribution in [2.45, 2.75) is 38.1 Å². The Hall–Kier alpha value is -1.77. The number of hydrogen-bond acceptors (Lipinski definition) is 9. The first-order valence-electron chi connectivity index (χ1n) is 6.57. The molecule has 0 aliphatic rings. The van der Waals surface area contributed by atoms with E-state index in [-0.39, 0.29) is 45.7 Å². The first-order valence-corrected chi connectivity index (χ1v) is 6.57. The first-order chi connectivity index (χ1) is 10.6. The van der Waals surface area contributed by atoms with Crippen LogP contribution < -0.4 is 0 Å². The Kier molecular flexibility index (Phi) is 13.0. The Morgan fingerprint density at radius 3 is 1.36 bits per heavy atom. The Morgan fingerprint density at radius 2 is 1.00 bits per heavy atom. The minimum atomic E-state index is -1.17. The van der Waals surface area contributed by atoms with Gasteiger partial charge in [-0.05, 0) is 0 Å². The lowest BCUT2D eigenvalue weighted by Gasteiger charge is -2.17. The van der Waals surface area contributed by atoms with Crippen molar-refractivity contribution in [3.63, 3.8) is 0 Å². The number of nitriles is 3. The van der Waals surface area contributed by atoms with Gasteiger partial charge >= 0.3 is 0 Å². The van der Waals surface area contributed by atoms with Crippen molar-refractivity contribution in [3.05, 3.63) is 0 Å². The van der Waals surface area contributed by atoms with Gasteiger partial charge in [0.15, 0.2) is 18.9 Å². The van der Waals surface area contributed by atoms with Crippen molar-refractivity contribution in [2.24, 2.45) is 0 Å². The molecule has 2 atom stereocenters. The minimum Gasteiger partial charge on any atom is -0.367 e. The maximum absolute atomic E-state index is 9.14. The van der Waals surface area contributed by atoms with Crippen LogP contribution in [0.15, 0.2) is 0 Å². The highest BCUT2D eigenvalue weighted by Crippen LogP contribution is 2.02. The van der Waals surface area contributed by atoms with Gasteiger partial charge in [-0.1, -0.05) is 0 Å². The van der Waals surface area contributed by atoms with Crippen LogP contribution in [0.2, 0.25) is 0 Å². The van der Waals surface area contributed by atoms with E-state index in [1.54, 1.807) is 12.1 Å². The van der Waals surface area contributed by atoms with Crippen LogP contribution in [0.1, 0.15) is 19.3 Å². The molecule has 0 heterocycles. The van der Waals surface area contributed by atoms with Gasteiger partial charge in [0.2, 0.25) is 0 Å². The fourth-order valence-electron chi connectivity index (χ4n) is 1.24. The molecule has 0 aliphatic heterocycles. The lowest BCUT2D eigenvalue weighted by Crippen LogP contribution is -2.24. The molecule has 0 radical (unpaired) electrons. The zero-order valence-electron chi connectivity index (χ0n) is 12.1. The Bertz CT molecular complexity index is 370. The molecule has 0 aliphatic carbocycles. The molecule has 22 heavy (non-hydrogen) atoms. The Balaban J connectivity index is 3.76. The molecule has 2 N–H and O–H groups in total. The van der Waals surface area contributed by atoms with Crippen molar-refractivity contribution in [1.29, 1.82) is 15.8 Å². The largest absolute Gasteiger partial charge is 0.367 e. The van der Waals surface area contributed by atoms with Crippen LogP contribution in [0.25, 0.3) is 0 Å². The lowest BCUT2D eigenvalue weighted by atomic mass is 10.4. The smallest absolute Gasteiger partial charge is 0.170 e. The second kappa shape index (κ2) is 14.2. The number of aliphatic hydroxyl groups excluding tert-OH is 2. The molecule has 0 saturated heterocycles. The van der Waals surface area contributed by atoms with Crippen LogP contribution in [0, 0.1) is 34.0 Å². The van der Waals surface area contributed by atoms with E-state index in [4.69, 9.17) is 44.9 Å². The molecule has 0 amide bonds. The highest BCUT2D eigenvalue weighted by Gasteiger charge is 2.11.